The molecule has 0 saturated carbocycles. The Morgan fingerprint density at radius 2 is 2.07 bits per heavy atom. The van der Waals surface area contributed by atoms with Gasteiger partial charge >= 0.3 is 0 Å². The van der Waals surface area contributed by atoms with Crippen LogP contribution in [0, 0.1) is 0 Å². The van der Waals surface area contributed by atoms with Crippen LogP contribution in [0.15, 0.2) is 24.5 Å². The van der Waals surface area contributed by atoms with E-state index in [1.165, 1.54) is 25.5 Å². The van der Waals surface area contributed by atoms with Gasteiger partial charge in [-0.25, -0.2) is 0 Å². The van der Waals surface area contributed by atoms with Crippen molar-refractivity contribution < 1.29 is 4.79 Å². The summed E-state index contributed by atoms with van der Waals surface area (Å²) in [5.74, 6) is -0.442. The van der Waals surface area contributed by atoms with E-state index in [9.17, 15) is 4.79 Å². The van der Waals surface area contributed by atoms with Gasteiger partial charge in [0.1, 0.15) is 0 Å². The zero-order chi connectivity index (χ0) is 10.8. The number of primary amides is 1. The summed E-state index contributed by atoms with van der Waals surface area (Å²) in [6, 6.07) is 3.29. The summed E-state index contributed by atoms with van der Waals surface area (Å²) in [5, 5.41) is 0. The molecule has 1 aromatic rings. The van der Waals surface area contributed by atoms with Crippen molar-refractivity contribution in [1.82, 2.24) is 4.98 Å². The summed E-state index contributed by atoms with van der Waals surface area (Å²) >= 11 is 0. The second kappa shape index (κ2) is 8.23. The molecule has 0 radical (unpaired) electrons. The Morgan fingerprint density at radius 3 is 2.29 bits per heavy atom. The van der Waals surface area contributed by atoms with E-state index in [1.54, 1.807) is 18.3 Å². The van der Waals surface area contributed by atoms with Gasteiger partial charge in [0.2, 0.25) is 5.91 Å². The average Bonchev–Trinajstić information content (AvgIpc) is 2.21. The molecule has 1 amide bonds. The van der Waals surface area contributed by atoms with Gasteiger partial charge in [-0.05, 0) is 12.1 Å². The topological polar surface area (TPSA) is 56.0 Å². The first kappa shape index (κ1) is 12.6. The lowest BCUT2D eigenvalue weighted by molar-refractivity contribution is 0.1000. The van der Waals surface area contributed by atoms with Crippen molar-refractivity contribution in [1.29, 1.82) is 0 Å². The number of rotatable bonds is 3. The van der Waals surface area contributed by atoms with Crippen LogP contribution in [-0.2, 0) is 0 Å². The first-order chi connectivity index (χ1) is 6.72. The molecule has 0 fully saturated rings. The van der Waals surface area contributed by atoms with E-state index in [2.05, 4.69) is 18.8 Å². The third kappa shape index (κ3) is 6.17. The van der Waals surface area contributed by atoms with Crippen LogP contribution in [0.3, 0.4) is 0 Å². The lowest BCUT2D eigenvalue weighted by atomic mass is 10.3. The van der Waals surface area contributed by atoms with Gasteiger partial charge in [0, 0.05) is 12.4 Å². The Hall–Kier alpha value is -1.38. The molecule has 0 atom stereocenters. The molecule has 78 valence electrons. The van der Waals surface area contributed by atoms with Crippen molar-refractivity contribution in [2.45, 2.75) is 33.1 Å². The van der Waals surface area contributed by atoms with Gasteiger partial charge in [-0.2, -0.15) is 0 Å². The first-order valence-electron chi connectivity index (χ1n) is 4.92. The van der Waals surface area contributed by atoms with Crippen LogP contribution >= 0.6 is 0 Å². The highest BCUT2D eigenvalue weighted by molar-refractivity contribution is 5.92. The number of aromatic nitrogens is 1. The van der Waals surface area contributed by atoms with Gasteiger partial charge in [-0.15, -0.1) is 0 Å². The highest BCUT2D eigenvalue weighted by Crippen LogP contribution is 1.91. The molecular weight excluding hydrogens is 176 g/mol. The molecule has 0 saturated heterocycles. The van der Waals surface area contributed by atoms with Crippen LogP contribution in [0.5, 0.6) is 0 Å². The normalized spacial score (nSPS) is 8.71. The number of pyridine rings is 1. The van der Waals surface area contributed by atoms with Gasteiger partial charge in [0.05, 0.1) is 5.56 Å². The average molecular weight is 194 g/mol. The van der Waals surface area contributed by atoms with Crippen LogP contribution in [0.4, 0.5) is 0 Å². The number of carbonyl (C=O) groups is 1. The van der Waals surface area contributed by atoms with Crippen LogP contribution in [0.2, 0.25) is 0 Å². The molecular formula is C11H18N2O. The molecule has 3 heteroatoms. The van der Waals surface area contributed by atoms with E-state index >= 15 is 0 Å². The molecule has 0 aromatic carbocycles. The van der Waals surface area contributed by atoms with Crippen LogP contribution < -0.4 is 5.73 Å². The molecule has 1 aromatic heterocycles. The lowest BCUT2D eigenvalue weighted by Gasteiger charge is -1.88. The molecule has 1 heterocycles. The third-order valence-electron chi connectivity index (χ3n) is 1.65. The fraction of sp³-hybridized carbons (Fsp3) is 0.455. The molecule has 0 spiro atoms. The molecule has 2 N–H and O–H groups in total. The zero-order valence-corrected chi connectivity index (χ0v) is 8.86. The summed E-state index contributed by atoms with van der Waals surface area (Å²) in [5.41, 5.74) is 5.38. The Labute approximate surface area is 85.3 Å². The molecule has 3 nitrogen and oxygen atoms in total. The molecule has 0 unspecified atom stereocenters. The van der Waals surface area contributed by atoms with Gasteiger partial charge in [-0.1, -0.05) is 33.1 Å². The number of hydrogen-bond donors (Lipinski definition) is 1. The largest absolute Gasteiger partial charge is 0.366 e. The summed E-state index contributed by atoms with van der Waals surface area (Å²) < 4.78 is 0. The van der Waals surface area contributed by atoms with E-state index in [1.807, 2.05) is 0 Å². The third-order valence-corrected chi connectivity index (χ3v) is 1.65. The summed E-state index contributed by atoms with van der Waals surface area (Å²) in [4.78, 5) is 14.1. The fourth-order valence-electron chi connectivity index (χ4n) is 0.862. The maximum absolute atomic E-state index is 10.4. The SMILES string of the molecule is CCCCC.NC(=O)c1cccnc1. The molecule has 0 aliphatic rings. The number of amides is 1. The van der Waals surface area contributed by atoms with E-state index < -0.39 is 5.91 Å². The predicted octanol–water partition coefficient (Wildman–Crippen LogP) is 2.38. The van der Waals surface area contributed by atoms with E-state index in [0.29, 0.717) is 5.56 Å². The monoisotopic (exact) mass is 194 g/mol. The smallest absolute Gasteiger partial charge is 0.250 e. The van der Waals surface area contributed by atoms with Gasteiger partial charge < -0.3 is 5.73 Å². The van der Waals surface area contributed by atoms with Gasteiger partial charge in [0.25, 0.3) is 0 Å². The maximum atomic E-state index is 10.4. The standard InChI is InChI=1S/C6H6N2O.C5H12/c7-6(9)5-2-1-3-8-4-5;1-3-5-4-2/h1-4H,(H2,7,9);3-5H2,1-2H3. The molecule has 1 rings (SSSR count). The van der Waals surface area contributed by atoms with E-state index in [4.69, 9.17) is 5.73 Å². The number of nitrogens with two attached hydrogens (primary N) is 1. The van der Waals surface area contributed by atoms with Crippen LogP contribution in [0.1, 0.15) is 43.5 Å². The Morgan fingerprint density at radius 1 is 1.43 bits per heavy atom. The number of hydrogen-bond acceptors (Lipinski definition) is 2. The minimum atomic E-state index is -0.442. The van der Waals surface area contributed by atoms with Crippen molar-refractivity contribution in [2.75, 3.05) is 0 Å². The Kier molecular flexibility index (Phi) is 7.42. The Balaban J connectivity index is 0.000000292. The number of nitrogens with zero attached hydrogens (tertiary/aromatic N) is 1. The van der Waals surface area contributed by atoms with E-state index in [-0.39, 0.29) is 0 Å². The summed E-state index contributed by atoms with van der Waals surface area (Å²) in [7, 11) is 0. The highest BCUT2D eigenvalue weighted by Gasteiger charge is 1.94. The highest BCUT2D eigenvalue weighted by atomic mass is 16.1. The fourth-order valence-corrected chi connectivity index (χ4v) is 0.862. The Bertz CT molecular complexity index is 245. The van der Waals surface area contributed by atoms with Crippen LogP contribution in [-0.4, -0.2) is 10.9 Å². The molecule has 14 heavy (non-hydrogen) atoms. The van der Waals surface area contributed by atoms with Crippen molar-refractivity contribution in [2.24, 2.45) is 5.73 Å². The van der Waals surface area contributed by atoms with Crippen molar-refractivity contribution >= 4 is 5.91 Å². The van der Waals surface area contributed by atoms with Crippen molar-refractivity contribution in [3.05, 3.63) is 30.1 Å². The second-order valence-corrected chi connectivity index (χ2v) is 2.96. The minimum Gasteiger partial charge on any atom is -0.366 e. The zero-order valence-electron chi connectivity index (χ0n) is 8.86. The van der Waals surface area contributed by atoms with Gasteiger partial charge in [0.15, 0.2) is 0 Å². The number of carbonyl (C=O) groups excluding carboxylic acids is 1. The predicted molar refractivity (Wildman–Crippen MR) is 58.0 cm³/mol. The minimum absolute atomic E-state index is 0.442. The van der Waals surface area contributed by atoms with Crippen molar-refractivity contribution in [3.8, 4) is 0 Å². The summed E-state index contributed by atoms with van der Waals surface area (Å²) in [6.07, 6.45) is 7.10. The van der Waals surface area contributed by atoms with Gasteiger partial charge in [-0.3, -0.25) is 9.78 Å². The summed E-state index contributed by atoms with van der Waals surface area (Å²) in [6.45, 7) is 4.42. The molecule has 0 aliphatic heterocycles. The molecule has 0 aliphatic carbocycles. The molecule has 0 bridgehead atoms. The lowest BCUT2D eigenvalue weighted by Crippen LogP contribution is -2.10. The van der Waals surface area contributed by atoms with Crippen LogP contribution in [0.25, 0.3) is 0 Å². The van der Waals surface area contributed by atoms with Crippen molar-refractivity contribution in [3.63, 3.8) is 0 Å². The number of unbranched alkanes of at least 4 members (excludes halogenated alkanes) is 2. The second-order valence-electron chi connectivity index (χ2n) is 2.96. The maximum Gasteiger partial charge on any atom is 0.250 e. The quantitative estimate of drug-likeness (QED) is 0.803. The first-order valence-corrected chi connectivity index (χ1v) is 4.92. The van der Waals surface area contributed by atoms with E-state index in [0.717, 1.165) is 0 Å².